The number of nitrogens with two attached hydrogens (primary N) is 1. The van der Waals surface area contributed by atoms with Gasteiger partial charge in [-0.25, -0.2) is 4.98 Å². The van der Waals surface area contributed by atoms with Crippen LogP contribution in [0.1, 0.15) is 34.8 Å². The second-order valence-electron chi connectivity index (χ2n) is 5.32. The van der Waals surface area contributed by atoms with Gasteiger partial charge in [-0.3, -0.25) is 4.90 Å². The molecule has 8 heteroatoms. The lowest BCUT2D eigenvalue weighted by Crippen LogP contribution is -2.35. The van der Waals surface area contributed by atoms with Crippen LogP contribution in [0, 0.1) is 12.8 Å². The van der Waals surface area contributed by atoms with Crippen molar-refractivity contribution >= 4 is 23.7 Å². The molecule has 2 N–H and O–H groups in total. The topological polar surface area (TPSA) is 42.2 Å². The highest BCUT2D eigenvalue weighted by Gasteiger charge is 2.37. The summed E-state index contributed by atoms with van der Waals surface area (Å²) in [4.78, 5) is 6.09. The smallest absolute Gasteiger partial charge is 0.330 e. The van der Waals surface area contributed by atoms with Crippen molar-refractivity contribution in [2.24, 2.45) is 11.7 Å². The summed E-state index contributed by atoms with van der Waals surface area (Å²) >= 11 is 1.15. The number of piperidine rings is 1. The Morgan fingerprint density at radius 3 is 2.76 bits per heavy atom. The maximum atomic E-state index is 12.9. The van der Waals surface area contributed by atoms with Crippen LogP contribution in [0.5, 0.6) is 0 Å². The van der Waals surface area contributed by atoms with Crippen LogP contribution in [-0.4, -0.2) is 29.5 Å². The Labute approximate surface area is 133 Å². The average molecular weight is 344 g/mol. The van der Waals surface area contributed by atoms with E-state index in [9.17, 15) is 13.2 Å². The quantitative estimate of drug-likeness (QED) is 0.910. The van der Waals surface area contributed by atoms with Crippen molar-refractivity contribution in [1.82, 2.24) is 9.88 Å². The van der Waals surface area contributed by atoms with E-state index in [2.05, 4.69) is 9.88 Å². The van der Waals surface area contributed by atoms with E-state index in [4.69, 9.17) is 5.73 Å². The van der Waals surface area contributed by atoms with Crippen molar-refractivity contribution in [2.75, 3.05) is 19.6 Å². The lowest BCUT2D eigenvalue weighted by Gasteiger charge is -2.32. The summed E-state index contributed by atoms with van der Waals surface area (Å²) in [6, 6.07) is 0. The molecular weight excluding hydrogens is 323 g/mol. The third kappa shape index (κ3) is 5.09. The van der Waals surface area contributed by atoms with Crippen LogP contribution in [-0.2, 0) is 12.7 Å². The van der Waals surface area contributed by atoms with E-state index in [1.165, 1.54) is 0 Å². The van der Waals surface area contributed by atoms with Crippen LogP contribution in [0.25, 0.3) is 0 Å². The molecule has 1 fully saturated rings. The minimum absolute atomic E-state index is 0. The van der Waals surface area contributed by atoms with Gasteiger partial charge in [0.15, 0.2) is 5.69 Å². The molecular formula is C13H21ClF3N3S. The molecule has 2 rings (SSSR count). The molecule has 0 aromatic carbocycles. The van der Waals surface area contributed by atoms with Crippen molar-refractivity contribution < 1.29 is 13.2 Å². The van der Waals surface area contributed by atoms with E-state index in [1.807, 2.05) is 0 Å². The molecule has 1 saturated heterocycles. The van der Waals surface area contributed by atoms with Gasteiger partial charge in [-0.2, -0.15) is 13.2 Å². The first-order valence-corrected chi connectivity index (χ1v) is 7.67. The lowest BCUT2D eigenvalue weighted by atomic mass is 9.95. The van der Waals surface area contributed by atoms with Crippen molar-refractivity contribution in [3.05, 3.63) is 15.6 Å². The minimum atomic E-state index is -4.35. The summed E-state index contributed by atoms with van der Waals surface area (Å²) in [6.45, 7) is 4.31. The lowest BCUT2D eigenvalue weighted by molar-refractivity contribution is -0.141. The van der Waals surface area contributed by atoms with Crippen molar-refractivity contribution in [3.63, 3.8) is 0 Å². The first kappa shape index (κ1) is 18.7. The molecule has 0 saturated carbocycles. The number of nitrogens with zero attached hydrogens (tertiary/aromatic N) is 2. The van der Waals surface area contributed by atoms with Gasteiger partial charge in [0, 0.05) is 13.1 Å². The molecule has 2 heterocycles. The Morgan fingerprint density at radius 1 is 1.43 bits per heavy atom. The summed E-state index contributed by atoms with van der Waals surface area (Å²) < 4.78 is 38.8. The van der Waals surface area contributed by atoms with E-state index in [1.54, 1.807) is 6.92 Å². The molecule has 0 radical (unpaired) electrons. The fourth-order valence-electron chi connectivity index (χ4n) is 2.77. The zero-order valence-electron chi connectivity index (χ0n) is 11.9. The molecule has 122 valence electrons. The average Bonchev–Trinajstić information content (AvgIpc) is 2.71. The zero-order chi connectivity index (χ0) is 14.8. The number of aryl methyl sites for hydroxylation is 1. The van der Waals surface area contributed by atoms with Crippen LogP contribution >= 0.6 is 23.7 Å². The van der Waals surface area contributed by atoms with Crippen LogP contribution < -0.4 is 5.73 Å². The standard InChI is InChI=1S/C13H20F3N3S.ClH/c1-9-18-12(13(14,15)16)11(20-9)8-19-6-2-3-10(7-19)4-5-17;/h10H,2-8,17H2,1H3;1H. The number of hydrogen-bond donors (Lipinski definition) is 1. The third-order valence-electron chi connectivity index (χ3n) is 3.62. The Bertz CT molecular complexity index is 448. The van der Waals surface area contributed by atoms with Gasteiger partial charge in [-0.15, -0.1) is 23.7 Å². The molecule has 0 bridgehead atoms. The van der Waals surface area contributed by atoms with Gasteiger partial charge in [0.2, 0.25) is 0 Å². The highest BCUT2D eigenvalue weighted by molar-refractivity contribution is 7.11. The molecule has 1 aliphatic heterocycles. The Balaban J connectivity index is 0.00000220. The maximum absolute atomic E-state index is 12.9. The Kier molecular flexibility index (Phi) is 6.90. The van der Waals surface area contributed by atoms with E-state index >= 15 is 0 Å². The fraction of sp³-hybridized carbons (Fsp3) is 0.769. The fourth-order valence-corrected chi connectivity index (χ4v) is 3.77. The molecule has 1 unspecified atom stereocenters. The number of thiazole rings is 1. The summed E-state index contributed by atoms with van der Waals surface area (Å²) in [6.07, 6.45) is -1.25. The third-order valence-corrected chi connectivity index (χ3v) is 4.57. The van der Waals surface area contributed by atoms with Crippen LogP contribution in [0.4, 0.5) is 13.2 Å². The molecule has 1 atom stereocenters. The van der Waals surface area contributed by atoms with Gasteiger partial charge in [-0.05, 0) is 45.2 Å². The minimum Gasteiger partial charge on any atom is -0.330 e. The number of likely N-dealkylation sites (tertiary alicyclic amines) is 1. The van der Waals surface area contributed by atoms with Crippen molar-refractivity contribution in [2.45, 2.75) is 38.9 Å². The largest absolute Gasteiger partial charge is 0.434 e. The van der Waals surface area contributed by atoms with E-state index in [0.717, 1.165) is 43.7 Å². The monoisotopic (exact) mass is 343 g/mol. The molecule has 1 aliphatic rings. The van der Waals surface area contributed by atoms with Gasteiger partial charge >= 0.3 is 6.18 Å². The van der Waals surface area contributed by atoms with Crippen molar-refractivity contribution in [1.29, 1.82) is 0 Å². The normalized spacial score (nSPS) is 20.3. The Morgan fingerprint density at radius 2 is 2.14 bits per heavy atom. The van der Waals surface area contributed by atoms with Crippen LogP contribution in [0.3, 0.4) is 0 Å². The van der Waals surface area contributed by atoms with E-state index in [0.29, 0.717) is 28.9 Å². The number of halogens is 4. The van der Waals surface area contributed by atoms with Gasteiger partial charge in [0.1, 0.15) is 0 Å². The van der Waals surface area contributed by atoms with E-state index in [-0.39, 0.29) is 12.4 Å². The van der Waals surface area contributed by atoms with Gasteiger partial charge < -0.3 is 5.73 Å². The second kappa shape index (κ2) is 7.76. The SMILES string of the molecule is Cc1nc(C(F)(F)F)c(CN2CCCC(CCN)C2)s1.Cl. The second-order valence-corrected chi connectivity index (χ2v) is 6.61. The van der Waals surface area contributed by atoms with Gasteiger partial charge in [-0.1, -0.05) is 0 Å². The zero-order valence-corrected chi connectivity index (χ0v) is 13.6. The highest BCUT2D eigenvalue weighted by Crippen LogP contribution is 2.35. The molecule has 0 spiro atoms. The molecule has 21 heavy (non-hydrogen) atoms. The van der Waals surface area contributed by atoms with Crippen LogP contribution in [0.15, 0.2) is 0 Å². The summed E-state index contributed by atoms with van der Waals surface area (Å²) in [5, 5.41) is 0.475. The summed E-state index contributed by atoms with van der Waals surface area (Å²) in [5.41, 5.74) is 4.86. The number of aromatic nitrogens is 1. The van der Waals surface area contributed by atoms with E-state index < -0.39 is 11.9 Å². The first-order chi connectivity index (χ1) is 9.40. The van der Waals surface area contributed by atoms with Crippen LogP contribution in [0.2, 0.25) is 0 Å². The number of rotatable bonds is 4. The van der Waals surface area contributed by atoms with Gasteiger partial charge in [0.05, 0.1) is 9.88 Å². The molecule has 0 amide bonds. The maximum Gasteiger partial charge on any atom is 0.434 e. The molecule has 3 nitrogen and oxygen atoms in total. The first-order valence-electron chi connectivity index (χ1n) is 6.86. The predicted molar refractivity (Wildman–Crippen MR) is 80.8 cm³/mol. The molecule has 1 aromatic rings. The number of alkyl halides is 3. The molecule has 1 aromatic heterocycles. The summed E-state index contributed by atoms with van der Waals surface area (Å²) in [7, 11) is 0. The van der Waals surface area contributed by atoms with Crippen molar-refractivity contribution in [3.8, 4) is 0 Å². The Hall–Kier alpha value is -0.370. The molecule has 0 aliphatic carbocycles. The van der Waals surface area contributed by atoms with Gasteiger partial charge in [0.25, 0.3) is 0 Å². The highest BCUT2D eigenvalue weighted by atomic mass is 35.5. The summed E-state index contributed by atoms with van der Waals surface area (Å²) in [5.74, 6) is 0.511. The number of hydrogen-bond acceptors (Lipinski definition) is 4. The predicted octanol–water partition coefficient (Wildman–Crippen LogP) is 3.45.